The van der Waals surface area contributed by atoms with E-state index in [1.54, 1.807) is 37.5 Å². The second-order valence-electron chi connectivity index (χ2n) is 15.4. The molecule has 10 N–H and O–H groups in total. The molecule has 0 bridgehead atoms. The van der Waals surface area contributed by atoms with Gasteiger partial charge in [-0.25, -0.2) is 0 Å². The zero-order valence-electron chi connectivity index (χ0n) is 45.5. The molecular formula is C40H44N12Na6O18S6. The van der Waals surface area contributed by atoms with E-state index >= 15 is 0 Å². The molecule has 0 atom stereocenters. The first-order chi connectivity index (χ1) is 35.2. The van der Waals surface area contributed by atoms with E-state index in [1.807, 2.05) is 0 Å². The molecule has 0 saturated carbocycles. The fourth-order valence-electron chi connectivity index (χ4n) is 6.86. The van der Waals surface area contributed by atoms with Gasteiger partial charge in [0.2, 0.25) is 35.7 Å². The Bertz CT molecular complexity index is 3750. The Balaban J connectivity index is 0.0000109. The first-order valence-electron chi connectivity index (χ1n) is 21.4. The van der Waals surface area contributed by atoms with Crippen molar-refractivity contribution < 1.29 is 77.8 Å². The molecule has 0 aliphatic rings. The van der Waals surface area contributed by atoms with Crippen molar-refractivity contribution in [3.8, 4) is 0 Å². The summed E-state index contributed by atoms with van der Waals surface area (Å²) in [5, 5.41) is 10.4. The van der Waals surface area contributed by atoms with Crippen LogP contribution in [0.2, 0.25) is 0 Å². The van der Waals surface area contributed by atoms with Crippen LogP contribution in [0.4, 0.5) is 58.4 Å². The van der Waals surface area contributed by atoms with Gasteiger partial charge in [-0.1, -0.05) is 24.3 Å². The Morgan fingerprint density at radius 1 is 0.366 bits per heavy atom. The molecule has 414 valence electrons. The number of anilines is 10. The zero-order valence-corrected chi connectivity index (χ0v) is 62.4. The monoisotopic (exact) mass is 1310 g/mol. The Kier molecular flexibility index (Phi) is 32.5. The molecule has 0 amide bonds. The number of rotatable bonds is 22. The van der Waals surface area contributed by atoms with Crippen molar-refractivity contribution in [3.05, 3.63) is 83.9 Å². The summed E-state index contributed by atoms with van der Waals surface area (Å²) < 4.78 is 207. The van der Waals surface area contributed by atoms with Crippen LogP contribution in [0.5, 0.6) is 0 Å². The molecule has 0 aliphatic carbocycles. The van der Waals surface area contributed by atoms with Gasteiger partial charge in [-0.2, -0.15) is 80.4 Å². The predicted octanol–water partition coefficient (Wildman–Crippen LogP) is 2.09. The largest absolute Gasteiger partial charge is 0.341 e. The summed E-state index contributed by atoms with van der Waals surface area (Å²) in [5.74, 6) is -1.65. The van der Waals surface area contributed by atoms with Crippen LogP contribution in [0.25, 0.3) is 12.2 Å². The first kappa shape index (κ1) is 80.9. The Morgan fingerprint density at radius 3 is 0.902 bits per heavy atom. The van der Waals surface area contributed by atoms with Crippen LogP contribution in [0, 0.1) is 0 Å². The second kappa shape index (κ2) is 32.9. The van der Waals surface area contributed by atoms with Gasteiger partial charge in [0.1, 0.15) is 19.6 Å². The van der Waals surface area contributed by atoms with E-state index in [-0.39, 0.29) is 224 Å². The van der Waals surface area contributed by atoms with Gasteiger partial charge in [-0.15, -0.1) is 0 Å². The van der Waals surface area contributed by atoms with Gasteiger partial charge in [0.05, 0.1) is 21.2 Å². The topological polar surface area (TPSA) is 458 Å². The van der Waals surface area contributed by atoms with E-state index in [4.69, 9.17) is 0 Å². The van der Waals surface area contributed by atoms with Gasteiger partial charge in [0.25, 0.3) is 60.7 Å². The molecule has 42 heteroatoms. The van der Waals surface area contributed by atoms with Crippen molar-refractivity contribution in [1.82, 2.24) is 29.9 Å². The molecule has 30 nitrogen and oxygen atoms in total. The summed E-state index contributed by atoms with van der Waals surface area (Å²) in [5.41, 5.74) is -1.84. The SMILES string of the molecule is CCN(CC)c1nc(Nc2ccc(C=Cc3ccc(Nc4nc(Nc5cc(S(=O)(=O)O)ccc5S(=O)(=O)O)nc(N(CC)CC)n4)cc3S(=O)(=O)O)c(S(=O)(=O)O)c2)nc(Nc2cc(S(=O)(=O)O)ccc2S(=O)(=O)O)n1.[Na].[Na].[Na].[Na].[Na].[Na]. The third-order valence-electron chi connectivity index (χ3n) is 10.4. The van der Waals surface area contributed by atoms with Gasteiger partial charge in [0.15, 0.2) is 0 Å². The van der Waals surface area contributed by atoms with Crippen molar-refractivity contribution in [2.45, 2.75) is 57.1 Å². The van der Waals surface area contributed by atoms with Gasteiger partial charge in [0, 0.05) is 215 Å². The van der Waals surface area contributed by atoms with E-state index in [2.05, 4.69) is 51.2 Å². The molecule has 6 aromatic rings. The predicted molar refractivity (Wildman–Crippen MR) is 308 cm³/mol. The molecule has 0 aliphatic heterocycles. The molecule has 0 spiro atoms. The minimum Gasteiger partial charge on any atom is -0.341 e. The fourth-order valence-corrected chi connectivity index (χ4v) is 10.5. The molecule has 2 aromatic heterocycles. The summed E-state index contributed by atoms with van der Waals surface area (Å²) in [6.45, 7) is 8.18. The standard InChI is InChI=1S/C40H44N12O18S6.6Na/c1-5-51(6-2)39-47-35(45-37(49-39)43-29-21-27(71(53,54)55)15-17-31(29)73(59,60)61)41-25-13-11-23(33(19-25)75(65,66)67)9-10-24-12-14-26(20-34(24)76(68,69)70)42-36-46-38(50-40(48-36)52(7-3)8-4)44-30-22-28(72(56,57)58)16-18-32(30)74(62,63)64;;;;;;/h9-22H,5-8H2,1-4H3,(H,53,54,55)(H,56,57,58)(H,59,60,61)(H,62,63,64)(H,65,66,67)(H,68,69,70)(H2,41,43,45,47,49)(H2,42,44,46,48,50);;;;;;. The van der Waals surface area contributed by atoms with Crippen LogP contribution in [0.15, 0.2) is 102 Å². The number of benzene rings is 4. The third kappa shape index (κ3) is 21.9. The molecule has 6 radical (unpaired) electrons. The first-order valence-corrected chi connectivity index (χ1v) is 30.0. The summed E-state index contributed by atoms with van der Waals surface area (Å²) >= 11 is 0. The van der Waals surface area contributed by atoms with Crippen LogP contribution in [-0.4, -0.2) is 311 Å². The van der Waals surface area contributed by atoms with Crippen LogP contribution in [0.3, 0.4) is 0 Å². The summed E-state index contributed by atoms with van der Waals surface area (Å²) in [6.07, 6.45) is 2.16. The minimum atomic E-state index is -5.10. The summed E-state index contributed by atoms with van der Waals surface area (Å²) in [4.78, 5) is 24.0. The summed E-state index contributed by atoms with van der Waals surface area (Å²) in [7, 11) is -30.0. The van der Waals surface area contributed by atoms with Gasteiger partial charge in [-0.05, 0) is 99.5 Å². The van der Waals surface area contributed by atoms with Crippen molar-refractivity contribution in [2.75, 3.05) is 57.2 Å². The van der Waals surface area contributed by atoms with Crippen molar-refractivity contribution in [3.63, 3.8) is 0 Å². The molecule has 2 heterocycles. The number of nitrogens with one attached hydrogen (secondary N) is 4. The second-order valence-corrected chi connectivity index (χ2v) is 23.8. The average molecular weight is 1310 g/mol. The number of hydrogen-bond donors (Lipinski definition) is 10. The average Bonchev–Trinajstić information content (AvgIpc) is 3.30. The van der Waals surface area contributed by atoms with Crippen LogP contribution < -0.4 is 31.1 Å². The molecule has 0 saturated heterocycles. The van der Waals surface area contributed by atoms with E-state index in [0.717, 1.165) is 36.4 Å². The van der Waals surface area contributed by atoms with E-state index in [0.29, 0.717) is 50.4 Å². The van der Waals surface area contributed by atoms with E-state index < -0.39 is 113 Å². The van der Waals surface area contributed by atoms with E-state index in [1.165, 1.54) is 24.3 Å². The molecule has 82 heavy (non-hydrogen) atoms. The van der Waals surface area contributed by atoms with E-state index in [9.17, 15) is 77.8 Å². The normalized spacial score (nSPS) is 11.7. The van der Waals surface area contributed by atoms with Crippen LogP contribution >= 0.6 is 0 Å². The molecule has 4 aromatic carbocycles. The third-order valence-corrected chi connectivity index (χ3v) is 15.8. The molecule has 6 rings (SSSR count). The van der Waals surface area contributed by atoms with Gasteiger partial charge < -0.3 is 31.1 Å². The Morgan fingerprint density at radius 2 is 0.646 bits per heavy atom. The maximum Gasteiger partial charge on any atom is 0.296 e. The minimum absolute atomic E-state index is 0. The number of aromatic nitrogens is 6. The fraction of sp³-hybridized carbons (Fsp3) is 0.200. The van der Waals surface area contributed by atoms with Crippen molar-refractivity contribution in [2.24, 2.45) is 0 Å². The number of hydrogen-bond acceptors (Lipinski definition) is 24. The van der Waals surface area contributed by atoms with Crippen LogP contribution in [0.1, 0.15) is 38.8 Å². The summed E-state index contributed by atoms with van der Waals surface area (Å²) in [6, 6.07) is 11.0. The zero-order chi connectivity index (χ0) is 56.3. The number of nitrogens with zero attached hydrogens (tertiary/aromatic N) is 8. The molecule has 0 unspecified atom stereocenters. The quantitative estimate of drug-likeness (QED) is 0.0264. The maximum atomic E-state index is 12.8. The smallest absolute Gasteiger partial charge is 0.296 e. The Hall–Kier alpha value is -1.10. The maximum absolute atomic E-state index is 12.8. The van der Waals surface area contributed by atoms with Crippen LogP contribution in [-0.2, 0) is 60.7 Å². The van der Waals surface area contributed by atoms with Crippen molar-refractivity contribution in [1.29, 1.82) is 0 Å². The van der Waals surface area contributed by atoms with Crippen molar-refractivity contribution >= 4 is 309 Å². The van der Waals surface area contributed by atoms with Gasteiger partial charge >= 0.3 is 0 Å². The molecule has 0 fully saturated rings. The van der Waals surface area contributed by atoms with Gasteiger partial charge in [-0.3, -0.25) is 27.3 Å². The Labute approximate surface area is 605 Å². The molecular weight excluding hydrogens is 1270 g/mol.